The van der Waals surface area contributed by atoms with Crippen molar-refractivity contribution in [2.24, 2.45) is 0 Å². The second-order valence-electron chi connectivity index (χ2n) is 3.80. The molecule has 1 aromatic heterocycles. The predicted molar refractivity (Wildman–Crippen MR) is 60.0 cm³/mol. The van der Waals surface area contributed by atoms with Crippen molar-refractivity contribution in [2.45, 2.75) is 13.8 Å². The Labute approximate surface area is 93.1 Å². The first-order valence-electron chi connectivity index (χ1n) is 4.94. The summed E-state index contributed by atoms with van der Waals surface area (Å²) >= 11 is 0. The van der Waals surface area contributed by atoms with Crippen LogP contribution in [-0.2, 0) is 0 Å². The highest BCUT2D eigenvalue weighted by atomic mass is 16.4. The fraction of sp³-hybridized carbons (Fsp3) is 0.167. The fourth-order valence-electron chi connectivity index (χ4n) is 1.66. The number of rotatable bonds is 2. The van der Waals surface area contributed by atoms with Gasteiger partial charge in [-0.1, -0.05) is 6.07 Å². The molecule has 4 nitrogen and oxygen atoms in total. The van der Waals surface area contributed by atoms with Crippen LogP contribution in [0.25, 0.3) is 5.69 Å². The number of hydrogen-bond donors (Lipinski definition) is 1. The lowest BCUT2D eigenvalue weighted by Crippen LogP contribution is -2.01. The van der Waals surface area contributed by atoms with E-state index < -0.39 is 5.97 Å². The molecule has 82 valence electrons. The third kappa shape index (κ3) is 1.95. The van der Waals surface area contributed by atoms with Gasteiger partial charge in [0.15, 0.2) is 5.69 Å². The summed E-state index contributed by atoms with van der Waals surface area (Å²) in [6, 6.07) is 7.47. The molecule has 0 amide bonds. The van der Waals surface area contributed by atoms with Crippen LogP contribution in [0.15, 0.2) is 30.5 Å². The zero-order valence-electron chi connectivity index (χ0n) is 9.14. The van der Waals surface area contributed by atoms with Gasteiger partial charge in [0.25, 0.3) is 0 Å². The van der Waals surface area contributed by atoms with Crippen molar-refractivity contribution in [3.05, 3.63) is 47.3 Å². The molecule has 2 aromatic rings. The van der Waals surface area contributed by atoms with Crippen molar-refractivity contribution < 1.29 is 9.90 Å². The Kier molecular flexibility index (Phi) is 2.48. The Bertz CT molecular complexity index is 523. The molecule has 0 aliphatic carbocycles. The molecule has 0 saturated carbocycles. The van der Waals surface area contributed by atoms with E-state index in [0.29, 0.717) is 0 Å². The summed E-state index contributed by atoms with van der Waals surface area (Å²) in [6.45, 7) is 4.00. The number of carboxylic acid groups (broad SMARTS) is 1. The number of nitrogens with zero attached hydrogens (tertiary/aromatic N) is 2. The summed E-state index contributed by atoms with van der Waals surface area (Å²) in [5.41, 5.74) is 3.19. The van der Waals surface area contributed by atoms with Gasteiger partial charge in [0.1, 0.15) is 0 Å². The Morgan fingerprint density at radius 3 is 2.38 bits per heavy atom. The van der Waals surface area contributed by atoms with Gasteiger partial charge in [-0.05, 0) is 43.2 Å². The van der Waals surface area contributed by atoms with E-state index in [4.69, 9.17) is 5.11 Å². The molecular formula is C12H12N2O2. The number of aromatic nitrogens is 2. The van der Waals surface area contributed by atoms with Gasteiger partial charge in [0, 0.05) is 6.20 Å². The molecule has 0 atom stereocenters. The van der Waals surface area contributed by atoms with Gasteiger partial charge in [-0.15, -0.1) is 0 Å². The van der Waals surface area contributed by atoms with Gasteiger partial charge in [0.05, 0.1) is 5.69 Å². The van der Waals surface area contributed by atoms with E-state index in [2.05, 4.69) is 11.2 Å². The molecular weight excluding hydrogens is 204 g/mol. The quantitative estimate of drug-likeness (QED) is 0.837. The van der Waals surface area contributed by atoms with E-state index in [9.17, 15) is 4.79 Å². The molecule has 0 saturated heterocycles. The van der Waals surface area contributed by atoms with Crippen LogP contribution < -0.4 is 0 Å². The first-order valence-corrected chi connectivity index (χ1v) is 4.94. The first kappa shape index (κ1) is 10.4. The normalized spacial score (nSPS) is 10.4. The summed E-state index contributed by atoms with van der Waals surface area (Å²) in [5, 5.41) is 12.8. The number of aryl methyl sites for hydroxylation is 2. The second kappa shape index (κ2) is 3.81. The maximum Gasteiger partial charge on any atom is 0.356 e. The number of hydrogen-bond acceptors (Lipinski definition) is 2. The van der Waals surface area contributed by atoms with Crippen LogP contribution >= 0.6 is 0 Å². The van der Waals surface area contributed by atoms with Crippen LogP contribution in [0, 0.1) is 13.8 Å². The third-order valence-electron chi connectivity index (χ3n) is 2.28. The number of carboxylic acids is 1. The van der Waals surface area contributed by atoms with Gasteiger partial charge in [-0.2, -0.15) is 5.10 Å². The molecule has 0 bridgehead atoms. The molecule has 0 unspecified atom stereocenters. The van der Waals surface area contributed by atoms with E-state index in [1.54, 1.807) is 10.9 Å². The van der Waals surface area contributed by atoms with Crippen molar-refractivity contribution >= 4 is 5.97 Å². The van der Waals surface area contributed by atoms with Gasteiger partial charge in [-0.25, -0.2) is 9.48 Å². The average Bonchev–Trinajstić information content (AvgIpc) is 2.64. The zero-order chi connectivity index (χ0) is 11.7. The maximum atomic E-state index is 10.7. The average molecular weight is 216 g/mol. The minimum absolute atomic E-state index is 0.0548. The zero-order valence-corrected chi connectivity index (χ0v) is 9.14. The van der Waals surface area contributed by atoms with Crippen molar-refractivity contribution in [1.29, 1.82) is 0 Å². The molecule has 2 rings (SSSR count). The summed E-state index contributed by atoms with van der Waals surface area (Å²) in [5.74, 6) is -1.01. The van der Waals surface area contributed by atoms with Crippen molar-refractivity contribution in [1.82, 2.24) is 9.78 Å². The van der Waals surface area contributed by atoms with E-state index in [0.717, 1.165) is 16.8 Å². The Hall–Kier alpha value is -2.10. The first-order chi connectivity index (χ1) is 7.56. The SMILES string of the molecule is Cc1cc(C)cc(-n2ccc(C(=O)O)n2)c1. The highest BCUT2D eigenvalue weighted by Crippen LogP contribution is 2.13. The lowest BCUT2D eigenvalue weighted by atomic mass is 10.1. The molecule has 0 aliphatic heterocycles. The molecule has 1 aromatic carbocycles. The minimum Gasteiger partial charge on any atom is -0.476 e. The van der Waals surface area contributed by atoms with Crippen molar-refractivity contribution in [2.75, 3.05) is 0 Å². The number of benzene rings is 1. The highest BCUT2D eigenvalue weighted by molar-refractivity contribution is 5.85. The Balaban J connectivity index is 2.46. The molecule has 0 spiro atoms. The Morgan fingerprint density at radius 1 is 1.25 bits per heavy atom. The van der Waals surface area contributed by atoms with Crippen molar-refractivity contribution in [3.63, 3.8) is 0 Å². The van der Waals surface area contributed by atoms with E-state index in [-0.39, 0.29) is 5.69 Å². The van der Waals surface area contributed by atoms with Crippen LogP contribution in [0.2, 0.25) is 0 Å². The fourth-order valence-corrected chi connectivity index (χ4v) is 1.66. The van der Waals surface area contributed by atoms with Crippen molar-refractivity contribution in [3.8, 4) is 5.69 Å². The van der Waals surface area contributed by atoms with Crippen LogP contribution in [0.3, 0.4) is 0 Å². The standard InChI is InChI=1S/C12H12N2O2/c1-8-5-9(2)7-10(6-8)14-4-3-11(13-14)12(15)16/h3-7H,1-2H3,(H,15,16). The molecule has 4 heteroatoms. The predicted octanol–water partition coefficient (Wildman–Crippen LogP) is 2.19. The van der Waals surface area contributed by atoms with Gasteiger partial charge < -0.3 is 5.11 Å². The number of carbonyl (C=O) groups is 1. The summed E-state index contributed by atoms with van der Waals surface area (Å²) in [6.07, 6.45) is 1.65. The lowest BCUT2D eigenvalue weighted by molar-refractivity contribution is 0.0690. The number of aromatic carboxylic acids is 1. The topological polar surface area (TPSA) is 55.1 Å². The summed E-state index contributed by atoms with van der Waals surface area (Å²) in [7, 11) is 0. The van der Waals surface area contributed by atoms with E-state index in [1.807, 2.05) is 26.0 Å². The van der Waals surface area contributed by atoms with E-state index >= 15 is 0 Å². The summed E-state index contributed by atoms with van der Waals surface area (Å²) < 4.78 is 1.57. The molecule has 1 N–H and O–H groups in total. The van der Waals surface area contributed by atoms with Crippen LogP contribution in [0.4, 0.5) is 0 Å². The molecule has 1 heterocycles. The van der Waals surface area contributed by atoms with Crippen LogP contribution in [0.5, 0.6) is 0 Å². The van der Waals surface area contributed by atoms with Gasteiger partial charge in [-0.3, -0.25) is 0 Å². The Morgan fingerprint density at radius 2 is 1.88 bits per heavy atom. The van der Waals surface area contributed by atoms with Gasteiger partial charge >= 0.3 is 5.97 Å². The summed E-state index contributed by atoms with van der Waals surface area (Å²) in [4.78, 5) is 10.7. The largest absolute Gasteiger partial charge is 0.476 e. The maximum absolute atomic E-state index is 10.7. The second-order valence-corrected chi connectivity index (χ2v) is 3.80. The minimum atomic E-state index is -1.01. The lowest BCUT2D eigenvalue weighted by Gasteiger charge is -2.04. The molecule has 0 radical (unpaired) electrons. The van der Waals surface area contributed by atoms with E-state index in [1.165, 1.54) is 6.07 Å². The highest BCUT2D eigenvalue weighted by Gasteiger charge is 2.07. The molecule has 0 fully saturated rings. The molecule has 0 aliphatic rings. The van der Waals surface area contributed by atoms with Crippen LogP contribution in [-0.4, -0.2) is 20.9 Å². The smallest absolute Gasteiger partial charge is 0.356 e. The molecule has 16 heavy (non-hydrogen) atoms. The monoisotopic (exact) mass is 216 g/mol. The third-order valence-corrected chi connectivity index (χ3v) is 2.28. The van der Waals surface area contributed by atoms with Gasteiger partial charge in [0.2, 0.25) is 0 Å². The van der Waals surface area contributed by atoms with Crippen LogP contribution in [0.1, 0.15) is 21.6 Å².